The molecule has 2 aromatic carbocycles. The molecule has 6 heteroatoms. The molecule has 4 rings (SSSR count). The fraction of sp³-hybridized carbons (Fsp3) is 0.364. The van der Waals surface area contributed by atoms with Crippen LogP contribution in [0, 0.1) is 0 Å². The van der Waals surface area contributed by atoms with Crippen molar-refractivity contribution in [1.29, 1.82) is 0 Å². The van der Waals surface area contributed by atoms with Crippen molar-refractivity contribution >= 4 is 17.6 Å². The molecule has 0 radical (unpaired) electrons. The molecule has 2 aliphatic heterocycles. The second kappa shape index (κ2) is 8.44. The summed E-state index contributed by atoms with van der Waals surface area (Å²) in [5.74, 6) is -0.00394. The molecule has 3 amide bonds. The Bertz CT molecular complexity index is 834. The molecular weight excluding hydrogens is 354 g/mol. The van der Waals surface area contributed by atoms with Gasteiger partial charge in [0.15, 0.2) is 0 Å². The van der Waals surface area contributed by atoms with Crippen LogP contribution in [0.1, 0.15) is 22.3 Å². The number of carbonyl (C=O) groups is 2. The Balaban J connectivity index is 1.50. The number of nitrogens with zero attached hydrogens (tertiary/aromatic N) is 3. The normalized spacial score (nSPS) is 17.7. The lowest BCUT2D eigenvalue weighted by molar-refractivity contribution is 0.0303. The zero-order chi connectivity index (χ0) is 19.3. The highest BCUT2D eigenvalue weighted by atomic mass is 16.5. The second-order valence-electron chi connectivity index (χ2n) is 7.15. The average molecular weight is 379 g/mol. The minimum atomic E-state index is -0.00826. The summed E-state index contributed by atoms with van der Waals surface area (Å²) in [5, 5.41) is 0. The minimum absolute atomic E-state index is 0.00394. The number of hydrogen-bond acceptors (Lipinski definition) is 3. The topological polar surface area (TPSA) is 53.1 Å². The fourth-order valence-electron chi connectivity index (χ4n) is 3.73. The number of carbonyl (C=O) groups excluding carboxylic acids is 2. The van der Waals surface area contributed by atoms with E-state index in [1.807, 2.05) is 64.4 Å². The van der Waals surface area contributed by atoms with Gasteiger partial charge in [0, 0.05) is 44.0 Å². The van der Waals surface area contributed by atoms with E-state index < -0.39 is 0 Å². The van der Waals surface area contributed by atoms with Gasteiger partial charge in [-0.05, 0) is 30.2 Å². The van der Waals surface area contributed by atoms with Gasteiger partial charge in [0.1, 0.15) is 0 Å². The van der Waals surface area contributed by atoms with Gasteiger partial charge in [0.2, 0.25) is 0 Å². The van der Waals surface area contributed by atoms with Gasteiger partial charge < -0.3 is 14.5 Å². The molecule has 0 aliphatic carbocycles. The first-order chi connectivity index (χ1) is 13.7. The van der Waals surface area contributed by atoms with Crippen LogP contribution in [-0.4, -0.2) is 61.1 Å². The number of ether oxygens (including phenoxy) is 1. The van der Waals surface area contributed by atoms with E-state index in [1.165, 1.54) is 0 Å². The number of rotatable bonds is 4. The van der Waals surface area contributed by atoms with E-state index in [0.29, 0.717) is 45.0 Å². The predicted octanol–water partition coefficient (Wildman–Crippen LogP) is 2.99. The molecule has 0 atom stereocenters. The van der Waals surface area contributed by atoms with Crippen LogP contribution >= 0.6 is 0 Å². The molecule has 0 unspecified atom stereocenters. The summed E-state index contributed by atoms with van der Waals surface area (Å²) < 4.78 is 5.33. The molecule has 0 N–H and O–H groups in total. The number of hydrogen-bond donors (Lipinski definition) is 0. The van der Waals surface area contributed by atoms with Gasteiger partial charge >= 0.3 is 6.03 Å². The summed E-state index contributed by atoms with van der Waals surface area (Å²) >= 11 is 0. The quantitative estimate of drug-likeness (QED) is 0.821. The predicted molar refractivity (Wildman–Crippen MR) is 107 cm³/mol. The van der Waals surface area contributed by atoms with E-state index >= 15 is 0 Å². The molecule has 0 aromatic heterocycles. The highest BCUT2D eigenvalue weighted by Crippen LogP contribution is 2.23. The van der Waals surface area contributed by atoms with Crippen molar-refractivity contribution in [1.82, 2.24) is 9.80 Å². The Kier molecular flexibility index (Phi) is 5.58. The summed E-state index contributed by atoms with van der Waals surface area (Å²) in [4.78, 5) is 31.3. The number of urea groups is 1. The molecule has 28 heavy (non-hydrogen) atoms. The molecule has 0 spiro atoms. The Morgan fingerprint density at radius 1 is 0.929 bits per heavy atom. The summed E-state index contributed by atoms with van der Waals surface area (Å²) in [6, 6.07) is 17.4. The lowest BCUT2D eigenvalue weighted by Crippen LogP contribution is -2.49. The largest absolute Gasteiger partial charge is 0.378 e. The van der Waals surface area contributed by atoms with E-state index in [0.717, 1.165) is 24.2 Å². The van der Waals surface area contributed by atoms with E-state index in [4.69, 9.17) is 4.74 Å². The van der Waals surface area contributed by atoms with Crippen LogP contribution in [0.5, 0.6) is 0 Å². The standard InChI is InChI=1S/C22H25N3O3/c26-21(23-12-14-28-15-13-23)19-8-4-9-20(16-19)25-11-5-10-24(22(25)27)17-18-6-2-1-3-7-18/h1-4,6-9,16H,5,10-15,17H2. The second-order valence-corrected chi connectivity index (χ2v) is 7.15. The maximum absolute atomic E-state index is 13.1. The van der Waals surface area contributed by atoms with Gasteiger partial charge in [-0.1, -0.05) is 36.4 Å². The van der Waals surface area contributed by atoms with Crippen molar-refractivity contribution in [2.75, 3.05) is 44.3 Å². The average Bonchev–Trinajstić information content (AvgIpc) is 2.76. The highest BCUT2D eigenvalue weighted by Gasteiger charge is 2.27. The van der Waals surface area contributed by atoms with Crippen molar-refractivity contribution in [2.24, 2.45) is 0 Å². The van der Waals surface area contributed by atoms with Crippen LogP contribution in [0.25, 0.3) is 0 Å². The third-order valence-corrected chi connectivity index (χ3v) is 5.23. The maximum Gasteiger partial charge on any atom is 0.324 e. The first-order valence-corrected chi connectivity index (χ1v) is 9.80. The first-order valence-electron chi connectivity index (χ1n) is 9.80. The third kappa shape index (κ3) is 4.02. The molecule has 0 saturated carbocycles. The molecule has 2 heterocycles. The van der Waals surface area contributed by atoms with Crippen molar-refractivity contribution in [2.45, 2.75) is 13.0 Å². The molecule has 6 nitrogen and oxygen atoms in total. The van der Waals surface area contributed by atoms with Gasteiger partial charge in [-0.2, -0.15) is 0 Å². The maximum atomic E-state index is 13.1. The number of benzene rings is 2. The lowest BCUT2D eigenvalue weighted by atomic mass is 10.1. The van der Waals surface area contributed by atoms with Crippen LogP contribution in [0.4, 0.5) is 10.5 Å². The summed E-state index contributed by atoms with van der Waals surface area (Å²) in [6.45, 7) is 4.38. The zero-order valence-corrected chi connectivity index (χ0v) is 15.9. The monoisotopic (exact) mass is 379 g/mol. The van der Waals surface area contributed by atoms with Crippen molar-refractivity contribution in [3.05, 3.63) is 65.7 Å². The molecule has 2 aliphatic rings. The van der Waals surface area contributed by atoms with E-state index in [-0.39, 0.29) is 11.9 Å². The number of anilines is 1. The Labute approximate surface area is 165 Å². The number of morpholine rings is 1. The van der Waals surface area contributed by atoms with E-state index in [2.05, 4.69) is 0 Å². The van der Waals surface area contributed by atoms with Crippen LogP contribution < -0.4 is 4.90 Å². The summed E-state index contributed by atoms with van der Waals surface area (Å²) in [6.07, 6.45) is 0.903. The van der Waals surface area contributed by atoms with Gasteiger partial charge in [-0.25, -0.2) is 4.79 Å². The summed E-state index contributed by atoms with van der Waals surface area (Å²) in [7, 11) is 0. The lowest BCUT2D eigenvalue weighted by Gasteiger charge is -2.36. The Hall–Kier alpha value is -2.86. The van der Waals surface area contributed by atoms with Gasteiger partial charge in [0.25, 0.3) is 5.91 Å². The van der Waals surface area contributed by atoms with Gasteiger partial charge in [-0.15, -0.1) is 0 Å². The van der Waals surface area contributed by atoms with Crippen LogP contribution in [0.2, 0.25) is 0 Å². The van der Waals surface area contributed by atoms with Crippen molar-refractivity contribution in [3.8, 4) is 0 Å². The third-order valence-electron chi connectivity index (χ3n) is 5.23. The van der Waals surface area contributed by atoms with Crippen molar-refractivity contribution in [3.63, 3.8) is 0 Å². The summed E-state index contributed by atoms with van der Waals surface area (Å²) in [5.41, 5.74) is 2.52. The van der Waals surface area contributed by atoms with E-state index in [1.54, 1.807) is 4.90 Å². The molecule has 2 fully saturated rings. The fourth-order valence-corrected chi connectivity index (χ4v) is 3.73. The van der Waals surface area contributed by atoms with Gasteiger partial charge in [0.05, 0.1) is 13.2 Å². The van der Waals surface area contributed by atoms with Gasteiger partial charge in [-0.3, -0.25) is 9.69 Å². The molecular formula is C22H25N3O3. The smallest absolute Gasteiger partial charge is 0.324 e. The molecule has 2 aromatic rings. The zero-order valence-electron chi connectivity index (χ0n) is 15.9. The Morgan fingerprint density at radius 3 is 2.50 bits per heavy atom. The van der Waals surface area contributed by atoms with E-state index in [9.17, 15) is 9.59 Å². The Morgan fingerprint density at radius 2 is 1.71 bits per heavy atom. The molecule has 0 bridgehead atoms. The minimum Gasteiger partial charge on any atom is -0.378 e. The van der Waals surface area contributed by atoms with Crippen LogP contribution in [0.15, 0.2) is 54.6 Å². The molecule has 2 saturated heterocycles. The van der Waals surface area contributed by atoms with Crippen LogP contribution in [-0.2, 0) is 11.3 Å². The molecule has 146 valence electrons. The SMILES string of the molecule is O=C(c1cccc(N2CCCN(Cc3ccccc3)C2=O)c1)N1CCOCC1. The van der Waals surface area contributed by atoms with Crippen LogP contribution in [0.3, 0.4) is 0 Å². The first kappa shape index (κ1) is 18.5. The highest BCUT2D eigenvalue weighted by molar-refractivity contribution is 5.98. The number of amides is 3. The van der Waals surface area contributed by atoms with Crippen molar-refractivity contribution < 1.29 is 14.3 Å².